The first-order chi connectivity index (χ1) is 15.5. The summed E-state index contributed by atoms with van der Waals surface area (Å²) in [5.74, 6) is -2.25. The van der Waals surface area contributed by atoms with E-state index in [1.165, 1.54) is 25.3 Å². The number of amides is 2. The van der Waals surface area contributed by atoms with Gasteiger partial charge >= 0.3 is 6.18 Å². The molecule has 0 radical (unpaired) electrons. The lowest BCUT2D eigenvalue weighted by atomic mass is 10.0. The number of halogens is 4. The Balaban J connectivity index is 1.67. The number of H-pyrrole nitrogens is 1. The average Bonchev–Trinajstić information content (AvgIpc) is 2.84. The molecule has 0 saturated carbocycles. The van der Waals surface area contributed by atoms with Gasteiger partial charge in [0.05, 0.1) is 23.2 Å². The number of aromatic nitrogens is 2. The molecule has 0 spiro atoms. The van der Waals surface area contributed by atoms with Crippen molar-refractivity contribution in [3.8, 4) is 11.1 Å². The number of fused-ring (bicyclic) bond motifs is 3. The maximum atomic E-state index is 14.9. The van der Waals surface area contributed by atoms with E-state index in [0.717, 1.165) is 29.2 Å². The number of pyridine rings is 2. The summed E-state index contributed by atoms with van der Waals surface area (Å²) in [7, 11) is 0. The zero-order valence-electron chi connectivity index (χ0n) is 17.1. The average molecular weight is 460 g/mol. The predicted octanol–water partition coefficient (Wildman–Crippen LogP) is 3.43. The molecule has 170 valence electrons. The molecule has 0 fully saturated rings. The Bertz CT molecular complexity index is 1320. The van der Waals surface area contributed by atoms with Gasteiger partial charge in [0.15, 0.2) is 0 Å². The van der Waals surface area contributed by atoms with Crippen LogP contribution in [0, 0.1) is 12.9 Å². The van der Waals surface area contributed by atoms with E-state index in [1.54, 1.807) is 0 Å². The third-order valence-corrected chi connectivity index (χ3v) is 5.13. The monoisotopic (exact) mass is 460 g/mol. The van der Waals surface area contributed by atoms with Crippen molar-refractivity contribution in [2.75, 3.05) is 16.8 Å². The molecule has 2 aromatic heterocycles. The number of nitrogens with zero attached hydrogens (tertiary/aromatic N) is 2. The fraction of sp³-hybridized carbons (Fsp3) is 0.182. The molecule has 7 nitrogen and oxygen atoms in total. The number of nitrogens with one attached hydrogen (secondary N) is 2. The molecule has 3 heterocycles. The predicted molar refractivity (Wildman–Crippen MR) is 111 cm³/mol. The molecule has 0 bridgehead atoms. The fourth-order valence-corrected chi connectivity index (χ4v) is 3.64. The molecular formula is C22H16F4N4O3. The highest BCUT2D eigenvalue weighted by Crippen LogP contribution is 2.37. The van der Waals surface area contributed by atoms with Crippen molar-refractivity contribution in [1.82, 2.24) is 9.97 Å². The highest BCUT2D eigenvalue weighted by atomic mass is 19.4. The smallest absolute Gasteiger partial charge is 0.329 e. The van der Waals surface area contributed by atoms with E-state index in [-0.39, 0.29) is 40.2 Å². The van der Waals surface area contributed by atoms with Crippen molar-refractivity contribution in [3.05, 3.63) is 75.7 Å². The number of carbonyl (C=O) groups is 2. The first-order valence-corrected chi connectivity index (χ1v) is 9.70. The molecule has 1 aliphatic heterocycles. The lowest BCUT2D eigenvalue weighted by Crippen LogP contribution is -2.39. The van der Waals surface area contributed by atoms with Gasteiger partial charge in [-0.15, -0.1) is 0 Å². The number of hydrogen-bond acceptors (Lipinski definition) is 4. The molecule has 0 aliphatic carbocycles. The molecule has 1 aromatic carbocycles. The van der Waals surface area contributed by atoms with Gasteiger partial charge in [0.25, 0.3) is 5.56 Å². The lowest BCUT2D eigenvalue weighted by Gasteiger charge is -2.23. The number of benzene rings is 1. The van der Waals surface area contributed by atoms with Crippen LogP contribution in [0.1, 0.15) is 16.8 Å². The van der Waals surface area contributed by atoms with Crippen LogP contribution in [0.25, 0.3) is 11.1 Å². The first kappa shape index (κ1) is 22.2. The standard InChI is InChI=1S/C22H16F4N4O3/c1-11-8-16-19(20(23)28-11)14-6-7-27-21(33)15(14)9-18(32)30(16)10-17(31)29-13-4-2-12(3-5-13)22(24,25)26/h2-8H,9-10H2,1H3,(H,27,33)(H,29,31). The van der Waals surface area contributed by atoms with E-state index in [0.29, 0.717) is 0 Å². The summed E-state index contributed by atoms with van der Waals surface area (Å²) < 4.78 is 53.1. The fourth-order valence-electron chi connectivity index (χ4n) is 3.64. The second-order valence-corrected chi connectivity index (χ2v) is 7.43. The third-order valence-electron chi connectivity index (χ3n) is 5.13. The number of rotatable bonds is 3. The molecule has 0 saturated heterocycles. The number of aryl methyl sites for hydroxylation is 1. The summed E-state index contributed by atoms with van der Waals surface area (Å²) in [6.07, 6.45) is -3.58. The van der Waals surface area contributed by atoms with Crippen molar-refractivity contribution in [2.45, 2.75) is 19.5 Å². The van der Waals surface area contributed by atoms with Gasteiger partial charge in [0.2, 0.25) is 17.8 Å². The van der Waals surface area contributed by atoms with Crippen LogP contribution in [0.5, 0.6) is 0 Å². The third kappa shape index (κ3) is 4.34. The van der Waals surface area contributed by atoms with Crippen LogP contribution in [0.4, 0.5) is 28.9 Å². The van der Waals surface area contributed by atoms with Crippen LogP contribution in [0.2, 0.25) is 0 Å². The second-order valence-electron chi connectivity index (χ2n) is 7.43. The molecule has 4 rings (SSSR count). The Labute approximate surface area is 184 Å². The molecule has 11 heteroatoms. The summed E-state index contributed by atoms with van der Waals surface area (Å²) in [5, 5.41) is 2.42. The van der Waals surface area contributed by atoms with E-state index >= 15 is 0 Å². The number of alkyl halides is 3. The van der Waals surface area contributed by atoms with Crippen LogP contribution in [0.15, 0.2) is 47.4 Å². The quantitative estimate of drug-likeness (QED) is 0.463. The Morgan fingerprint density at radius 1 is 1.18 bits per heavy atom. The van der Waals surface area contributed by atoms with E-state index in [2.05, 4.69) is 15.3 Å². The molecule has 1 aliphatic rings. The van der Waals surface area contributed by atoms with Gasteiger partial charge in [-0.1, -0.05) is 0 Å². The number of carbonyl (C=O) groups excluding carboxylic acids is 2. The van der Waals surface area contributed by atoms with Crippen molar-refractivity contribution in [3.63, 3.8) is 0 Å². The maximum absolute atomic E-state index is 14.9. The van der Waals surface area contributed by atoms with Gasteiger partial charge in [-0.3, -0.25) is 14.4 Å². The topological polar surface area (TPSA) is 95.2 Å². The summed E-state index contributed by atoms with van der Waals surface area (Å²) in [6.45, 7) is 0.958. The summed E-state index contributed by atoms with van der Waals surface area (Å²) >= 11 is 0. The van der Waals surface area contributed by atoms with Crippen LogP contribution < -0.4 is 15.8 Å². The van der Waals surface area contributed by atoms with Crippen molar-refractivity contribution < 1.29 is 27.2 Å². The molecule has 3 aromatic rings. The first-order valence-electron chi connectivity index (χ1n) is 9.70. The Kier molecular flexibility index (Phi) is 5.48. The van der Waals surface area contributed by atoms with Crippen LogP contribution in [-0.4, -0.2) is 28.3 Å². The molecule has 33 heavy (non-hydrogen) atoms. The molecule has 2 amide bonds. The van der Waals surface area contributed by atoms with Crippen LogP contribution in [0.3, 0.4) is 0 Å². The van der Waals surface area contributed by atoms with Gasteiger partial charge in [0, 0.05) is 23.1 Å². The van der Waals surface area contributed by atoms with Gasteiger partial charge < -0.3 is 15.2 Å². The van der Waals surface area contributed by atoms with Crippen molar-refractivity contribution in [1.29, 1.82) is 0 Å². The second kappa shape index (κ2) is 8.15. The number of hydrogen-bond donors (Lipinski definition) is 2. The zero-order valence-corrected chi connectivity index (χ0v) is 17.1. The lowest BCUT2D eigenvalue weighted by molar-refractivity contribution is -0.137. The molecule has 2 N–H and O–H groups in total. The normalized spacial score (nSPS) is 13.2. The Morgan fingerprint density at radius 2 is 1.88 bits per heavy atom. The van der Waals surface area contributed by atoms with Gasteiger partial charge in [-0.05, 0) is 48.9 Å². The number of aromatic amines is 1. The SMILES string of the molecule is Cc1cc2c(c(F)n1)-c1cc[nH]c(=O)c1CC(=O)N2CC(=O)Nc1ccc(C(F)(F)F)cc1. The van der Waals surface area contributed by atoms with Gasteiger partial charge in [0.1, 0.15) is 6.54 Å². The number of anilines is 2. The minimum Gasteiger partial charge on any atom is -0.329 e. The van der Waals surface area contributed by atoms with E-state index in [9.17, 15) is 31.9 Å². The summed E-state index contributed by atoms with van der Waals surface area (Å²) in [5.41, 5.74) is -0.891. The van der Waals surface area contributed by atoms with Gasteiger partial charge in [-0.25, -0.2) is 4.98 Å². The molecule has 0 atom stereocenters. The molecule has 0 unspecified atom stereocenters. The van der Waals surface area contributed by atoms with Gasteiger partial charge in [-0.2, -0.15) is 17.6 Å². The Hall–Kier alpha value is -4.02. The van der Waals surface area contributed by atoms with Crippen molar-refractivity contribution >= 4 is 23.2 Å². The molecular weight excluding hydrogens is 444 g/mol. The van der Waals surface area contributed by atoms with E-state index in [1.807, 2.05) is 0 Å². The van der Waals surface area contributed by atoms with Crippen LogP contribution >= 0.6 is 0 Å². The largest absolute Gasteiger partial charge is 0.416 e. The minimum atomic E-state index is -4.52. The Morgan fingerprint density at radius 3 is 2.55 bits per heavy atom. The van der Waals surface area contributed by atoms with E-state index in [4.69, 9.17) is 0 Å². The summed E-state index contributed by atoms with van der Waals surface area (Å²) in [6, 6.07) is 6.68. The minimum absolute atomic E-state index is 0.0407. The highest BCUT2D eigenvalue weighted by Gasteiger charge is 2.32. The highest BCUT2D eigenvalue weighted by molar-refractivity contribution is 6.07. The van der Waals surface area contributed by atoms with E-state index < -0.39 is 41.6 Å². The maximum Gasteiger partial charge on any atom is 0.416 e. The van der Waals surface area contributed by atoms with Crippen LogP contribution in [-0.2, 0) is 22.2 Å². The zero-order chi connectivity index (χ0) is 23.9. The van der Waals surface area contributed by atoms with Crippen molar-refractivity contribution in [2.24, 2.45) is 0 Å². The summed E-state index contributed by atoms with van der Waals surface area (Å²) in [4.78, 5) is 45.2.